The van der Waals surface area contributed by atoms with Crippen molar-refractivity contribution in [3.63, 3.8) is 0 Å². The van der Waals surface area contributed by atoms with Crippen molar-refractivity contribution in [2.75, 3.05) is 19.7 Å². The molecule has 3 N–H and O–H groups in total. The summed E-state index contributed by atoms with van der Waals surface area (Å²) in [4.78, 5) is 11.5. The number of rotatable bonds is 10. The molecular weight excluding hydrogens is 240 g/mol. The maximum absolute atomic E-state index is 11.5. The summed E-state index contributed by atoms with van der Waals surface area (Å²) in [5, 5.41) is 2.95. The van der Waals surface area contributed by atoms with Crippen molar-refractivity contribution in [2.45, 2.75) is 70.3 Å². The van der Waals surface area contributed by atoms with Crippen molar-refractivity contribution >= 4 is 5.91 Å². The molecule has 0 bridgehead atoms. The van der Waals surface area contributed by atoms with Crippen molar-refractivity contribution in [1.82, 2.24) is 5.32 Å². The fraction of sp³-hybridized carbons (Fsp3) is 0.933. The zero-order valence-corrected chi connectivity index (χ0v) is 12.2. The summed E-state index contributed by atoms with van der Waals surface area (Å²) in [5.41, 5.74) is 5.41. The lowest BCUT2D eigenvalue weighted by atomic mass is 9.98. The molecule has 19 heavy (non-hydrogen) atoms. The van der Waals surface area contributed by atoms with E-state index in [1.54, 1.807) is 0 Å². The molecule has 0 spiro atoms. The number of carbonyl (C=O) groups excluding carboxylic acids is 1. The third-order valence-corrected chi connectivity index (χ3v) is 3.66. The van der Waals surface area contributed by atoms with Crippen LogP contribution in [0.3, 0.4) is 0 Å². The third-order valence-electron chi connectivity index (χ3n) is 3.66. The third kappa shape index (κ3) is 9.00. The number of nitrogens with one attached hydrogen (secondary N) is 1. The minimum absolute atomic E-state index is 0.162. The Morgan fingerprint density at radius 1 is 1.11 bits per heavy atom. The van der Waals surface area contributed by atoms with Crippen LogP contribution >= 0.6 is 0 Å². The number of nitrogens with two attached hydrogens (primary N) is 1. The van der Waals surface area contributed by atoms with Gasteiger partial charge in [-0.15, -0.1) is 0 Å². The predicted molar refractivity (Wildman–Crippen MR) is 78.0 cm³/mol. The van der Waals surface area contributed by atoms with Crippen molar-refractivity contribution in [3.8, 4) is 0 Å². The second-order valence-electron chi connectivity index (χ2n) is 5.43. The van der Waals surface area contributed by atoms with Crippen molar-refractivity contribution < 1.29 is 9.53 Å². The highest BCUT2D eigenvalue weighted by atomic mass is 16.5. The number of amides is 1. The molecule has 1 aliphatic carbocycles. The van der Waals surface area contributed by atoms with Crippen LogP contribution in [0.2, 0.25) is 0 Å². The molecule has 1 saturated carbocycles. The molecule has 1 aliphatic rings. The van der Waals surface area contributed by atoms with Gasteiger partial charge in [0.25, 0.3) is 0 Å². The maximum atomic E-state index is 11.5. The number of unbranched alkanes of at least 4 members (excludes halogenated alkanes) is 2. The van der Waals surface area contributed by atoms with Crippen LogP contribution in [0.1, 0.15) is 64.2 Å². The molecule has 0 radical (unpaired) electrons. The van der Waals surface area contributed by atoms with Crippen molar-refractivity contribution in [1.29, 1.82) is 0 Å². The van der Waals surface area contributed by atoms with Gasteiger partial charge < -0.3 is 15.8 Å². The van der Waals surface area contributed by atoms with E-state index >= 15 is 0 Å². The van der Waals surface area contributed by atoms with Gasteiger partial charge in [-0.05, 0) is 38.6 Å². The lowest BCUT2D eigenvalue weighted by molar-refractivity contribution is -0.121. The van der Waals surface area contributed by atoms with Crippen LogP contribution in [0.4, 0.5) is 0 Å². The smallest absolute Gasteiger partial charge is 0.219 e. The first-order chi connectivity index (χ1) is 9.33. The Balaban J connectivity index is 1.85. The summed E-state index contributed by atoms with van der Waals surface area (Å²) < 4.78 is 5.81. The van der Waals surface area contributed by atoms with Gasteiger partial charge in [0.2, 0.25) is 5.91 Å². The largest absolute Gasteiger partial charge is 0.378 e. The van der Waals surface area contributed by atoms with E-state index in [9.17, 15) is 4.79 Å². The summed E-state index contributed by atoms with van der Waals surface area (Å²) in [6.07, 6.45) is 11.4. The van der Waals surface area contributed by atoms with Gasteiger partial charge in [0.1, 0.15) is 0 Å². The van der Waals surface area contributed by atoms with Gasteiger partial charge in [-0.2, -0.15) is 0 Å². The highest BCUT2D eigenvalue weighted by Crippen LogP contribution is 2.20. The zero-order chi connectivity index (χ0) is 13.8. The van der Waals surface area contributed by atoms with E-state index in [0.717, 1.165) is 45.4 Å². The molecule has 1 rings (SSSR count). The lowest BCUT2D eigenvalue weighted by Gasteiger charge is -2.21. The van der Waals surface area contributed by atoms with Crippen LogP contribution in [-0.2, 0) is 9.53 Å². The summed E-state index contributed by atoms with van der Waals surface area (Å²) in [5.74, 6) is 0.162. The fourth-order valence-corrected chi connectivity index (χ4v) is 2.48. The molecule has 0 aliphatic heterocycles. The minimum atomic E-state index is 0.162. The average molecular weight is 270 g/mol. The molecule has 0 saturated heterocycles. The van der Waals surface area contributed by atoms with Gasteiger partial charge in [-0.25, -0.2) is 0 Å². The normalized spacial score (nSPS) is 16.5. The van der Waals surface area contributed by atoms with Gasteiger partial charge in [0.15, 0.2) is 0 Å². The monoisotopic (exact) mass is 270 g/mol. The van der Waals surface area contributed by atoms with Crippen molar-refractivity contribution in [2.24, 2.45) is 5.73 Å². The Kier molecular flexibility index (Phi) is 9.72. The van der Waals surface area contributed by atoms with Crippen LogP contribution in [0, 0.1) is 0 Å². The standard InChI is InChI=1S/C15H30N2O2/c16-11-6-2-5-10-15(18)17-12-7-13-19-14-8-3-1-4-9-14/h14H,1-13,16H2,(H,17,18). The molecule has 1 amide bonds. The van der Waals surface area contributed by atoms with Gasteiger partial charge >= 0.3 is 0 Å². The molecule has 4 heteroatoms. The predicted octanol–water partition coefficient (Wildman–Crippen LogP) is 2.36. The summed E-state index contributed by atoms with van der Waals surface area (Å²) in [6.45, 7) is 2.24. The van der Waals surface area contributed by atoms with Gasteiger partial charge in [-0.3, -0.25) is 4.79 Å². The molecule has 1 fully saturated rings. The van der Waals surface area contributed by atoms with E-state index in [2.05, 4.69) is 5.32 Å². The van der Waals surface area contributed by atoms with E-state index in [-0.39, 0.29) is 5.91 Å². The van der Waals surface area contributed by atoms with E-state index in [1.807, 2.05) is 0 Å². The summed E-state index contributed by atoms with van der Waals surface area (Å²) in [6, 6.07) is 0. The number of hydrogen-bond acceptors (Lipinski definition) is 3. The molecular formula is C15H30N2O2. The number of hydrogen-bond donors (Lipinski definition) is 2. The Morgan fingerprint density at radius 2 is 1.89 bits per heavy atom. The molecule has 0 aromatic heterocycles. The number of carbonyl (C=O) groups is 1. The minimum Gasteiger partial charge on any atom is -0.378 e. The van der Waals surface area contributed by atoms with Crippen LogP contribution in [-0.4, -0.2) is 31.7 Å². The highest BCUT2D eigenvalue weighted by molar-refractivity contribution is 5.75. The van der Waals surface area contributed by atoms with E-state index in [1.165, 1.54) is 32.1 Å². The quantitative estimate of drug-likeness (QED) is 0.599. The molecule has 0 aromatic rings. The van der Waals surface area contributed by atoms with E-state index < -0.39 is 0 Å². The highest BCUT2D eigenvalue weighted by Gasteiger charge is 2.12. The summed E-state index contributed by atoms with van der Waals surface area (Å²) in [7, 11) is 0. The Morgan fingerprint density at radius 3 is 2.63 bits per heavy atom. The first-order valence-corrected chi connectivity index (χ1v) is 7.91. The first-order valence-electron chi connectivity index (χ1n) is 7.91. The molecule has 112 valence electrons. The van der Waals surface area contributed by atoms with Crippen LogP contribution < -0.4 is 11.1 Å². The molecule has 4 nitrogen and oxygen atoms in total. The second-order valence-corrected chi connectivity index (χ2v) is 5.43. The van der Waals surface area contributed by atoms with Crippen LogP contribution in [0.15, 0.2) is 0 Å². The Hall–Kier alpha value is -0.610. The van der Waals surface area contributed by atoms with E-state index in [4.69, 9.17) is 10.5 Å². The summed E-state index contributed by atoms with van der Waals surface area (Å²) >= 11 is 0. The van der Waals surface area contributed by atoms with Gasteiger partial charge in [-0.1, -0.05) is 25.7 Å². The SMILES string of the molecule is NCCCCCC(=O)NCCCOC1CCCCC1. The lowest BCUT2D eigenvalue weighted by Crippen LogP contribution is -2.26. The zero-order valence-electron chi connectivity index (χ0n) is 12.2. The topological polar surface area (TPSA) is 64.4 Å². The second kappa shape index (κ2) is 11.2. The fourth-order valence-electron chi connectivity index (χ4n) is 2.48. The van der Waals surface area contributed by atoms with Crippen LogP contribution in [0.5, 0.6) is 0 Å². The van der Waals surface area contributed by atoms with Crippen LogP contribution in [0.25, 0.3) is 0 Å². The first kappa shape index (κ1) is 16.4. The maximum Gasteiger partial charge on any atom is 0.219 e. The molecule has 0 heterocycles. The molecule has 0 unspecified atom stereocenters. The van der Waals surface area contributed by atoms with Gasteiger partial charge in [0, 0.05) is 19.6 Å². The van der Waals surface area contributed by atoms with E-state index in [0.29, 0.717) is 12.5 Å². The molecule has 0 aromatic carbocycles. The number of ether oxygens (including phenoxy) is 1. The average Bonchev–Trinajstić information content (AvgIpc) is 2.44. The molecule has 0 atom stereocenters. The van der Waals surface area contributed by atoms with Crippen molar-refractivity contribution in [3.05, 3.63) is 0 Å². The van der Waals surface area contributed by atoms with Gasteiger partial charge in [0.05, 0.1) is 6.10 Å². The Labute approximate surface area is 117 Å². The Bertz CT molecular complexity index is 228.